The Kier molecular flexibility index (Phi) is 0.209. The van der Waals surface area contributed by atoms with Crippen LogP contribution in [0.5, 0.6) is 0 Å². The van der Waals surface area contributed by atoms with Crippen molar-refractivity contribution in [3.8, 4) is 0 Å². The van der Waals surface area contributed by atoms with E-state index in [2.05, 4.69) is 0 Å². The zero-order valence-corrected chi connectivity index (χ0v) is 9.94. The first kappa shape index (κ1) is 5.38. The maximum Gasteiger partial charge on any atom is 0.00886 e. The van der Waals surface area contributed by atoms with E-state index in [1.54, 1.807) is 6.42 Å². The van der Waals surface area contributed by atoms with Crippen molar-refractivity contribution < 1.29 is 0 Å². The van der Waals surface area contributed by atoms with Crippen LogP contribution in [0.1, 0.15) is 6.42 Å². The fourth-order valence-electron chi connectivity index (χ4n) is 15.8. The summed E-state index contributed by atoms with van der Waals surface area (Å²) in [4.78, 5) is 0. The summed E-state index contributed by atoms with van der Waals surface area (Å²) in [6.07, 6.45) is 1.72. The summed E-state index contributed by atoms with van der Waals surface area (Å²) in [6, 6.07) is 0. The van der Waals surface area contributed by atoms with Crippen LogP contribution in [0.25, 0.3) is 0 Å². The van der Waals surface area contributed by atoms with Crippen LogP contribution < -0.4 is 0 Å². The normalized spacial score (nSPS) is 146. The van der Waals surface area contributed by atoms with E-state index in [9.17, 15) is 0 Å². The number of thiol groups is 1. The minimum atomic E-state index is 0.895. The fourth-order valence-corrected chi connectivity index (χ4v) is 16.5. The molecule has 0 radical (unpaired) electrons. The molecule has 0 amide bonds. The number of hydrogen-bond acceptors (Lipinski definition) is 1. The lowest BCUT2D eigenvalue weighted by Gasteiger charge is -2.28. The predicted octanol–water partition coefficient (Wildman–Crippen LogP) is 1.18. The molecule has 17 heavy (non-hydrogen) atoms. The van der Waals surface area contributed by atoms with Crippen LogP contribution in [0.2, 0.25) is 0 Å². The minimum Gasteiger partial charge on any atom is -0.175 e. The second kappa shape index (κ2) is 0.661. The lowest BCUT2D eigenvalue weighted by atomic mass is 9.74. The third kappa shape index (κ3) is 0.104. The first-order valence-electron chi connectivity index (χ1n) is 8.05. The monoisotopic (exact) mass is 232 g/mol. The molecule has 14 unspecified atom stereocenters. The van der Waals surface area contributed by atoms with Crippen molar-refractivity contribution in [2.24, 2.45) is 77.8 Å². The largest absolute Gasteiger partial charge is 0.175 e. The molecule has 10 spiro atoms. The Morgan fingerprint density at radius 3 is 2.53 bits per heavy atom. The van der Waals surface area contributed by atoms with Gasteiger partial charge in [0.2, 0.25) is 0 Å². The highest BCUT2D eigenvalue weighted by molar-refractivity contribution is 7.81. The van der Waals surface area contributed by atoms with Crippen molar-refractivity contribution in [2.45, 2.75) is 11.7 Å². The second-order valence-corrected chi connectivity index (χ2v) is 11.4. The van der Waals surface area contributed by atoms with E-state index in [0.29, 0.717) is 0 Å². The Hall–Kier alpha value is 0.350. The van der Waals surface area contributed by atoms with Gasteiger partial charge in [0.25, 0.3) is 0 Å². The van der Waals surface area contributed by atoms with E-state index in [-0.39, 0.29) is 0 Å². The predicted molar refractivity (Wildman–Crippen MR) is 55.7 cm³/mol. The van der Waals surface area contributed by atoms with Gasteiger partial charge in [0, 0.05) is 5.25 Å². The molecule has 0 N–H and O–H groups in total. The van der Waals surface area contributed by atoms with Gasteiger partial charge in [0.05, 0.1) is 0 Å². The molecule has 13 fully saturated rings. The molecule has 13 aliphatic rings. The minimum absolute atomic E-state index is 0.895. The van der Waals surface area contributed by atoms with Gasteiger partial charge in [0.15, 0.2) is 0 Å². The summed E-state index contributed by atoms with van der Waals surface area (Å²) in [5, 5.41) is 0.895. The standard InChI is InChI=1S/C16H8S/c17-5-3-4(5)8-6(3)10(8)12(8)14(10)15-11-7-1-2(7)9(7,11)13(11,15)16(12,14)15/h2-6,17H,1H2/t2?,3?,4?,5-,6?,7?,8?,9?,10?,11?,12?,13?,14?,15?,16?/m0/s1. The molecule has 0 bridgehead atoms. The molecule has 1 heteroatoms. The van der Waals surface area contributed by atoms with Crippen molar-refractivity contribution in [3.63, 3.8) is 0 Å². The Bertz CT molecular complexity index is 918. The Morgan fingerprint density at radius 1 is 0.882 bits per heavy atom. The van der Waals surface area contributed by atoms with Gasteiger partial charge >= 0.3 is 0 Å². The van der Waals surface area contributed by atoms with Crippen molar-refractivity contribution >= 4 is 12.6 Å². The summed E-state index contributed by atoms with van der Waals surface area (Å²) in [7, 11) is 0. The maximum absolute atomic E-state index is 4.83. The molecule has 13 aliphatic carbocycles. The first-order chi connectivity index (χ1) is 8.37. The van der Waals surface area contributed by atoms with E-state index in [4.69, 9.17) is 12.6 Å². The Balaban J connectivity index is 1.22. The molecule has 0 heterocycles. The molecule has 13 rings (SSSR count). The molecule has 0 aromatic rings. The van der Waals surface area contributed by atoms with Crippen LogP contribution in [0.4, 0.5) is 0 Å². The molecule has 0 aromatic carbocycles. The average Bonchev–Trinajstić information content (AvgIpc) is 2.97. The smallest absolute Gasteiger partial charge is 0.00886 e. The lowest BCUT2D eigenvalue weighted by Crippen LogP contribution is -2.27. The van der Waals surface area contributed by atoms with Crippen molar-refractivity contribution in [3.05, 3.63) is 0 Å². The SMILES string of the molecule is S[C@H]1C2C1C13C2C12C31C23C24C56C78CC7C85C62C134. The first-order valence-corrected chi connectivity index (χ1v) is 8.56. The van der Waals surface area contributed by atoms with E-state index < -0.39 is 0 Å². The van der Waals surface area contributed by atoms with Gasteiger partial charge in [-0.1, -0.05) is 0 Å². The van der Waals surface area contributed by atoms with Crippen molar-refractivity contribution in [1.82, 2.24) is 0 Å². The van der Waals surface area contributed by atoms with Gasteiger partial charge in [-0.2, -0.15) is 12.6 Å². The molecule has 0 aromatic heterocycles. The highest BCUT2D eigenvalue weighted by Crippen LogP contribution is 3.80. The van der Waals surface area contributed by atoms with Gasteiger partial charge in [0.1, 0.15) is 0 Å². The van der Waals surface area contributed by atoms with Gasteiger partial charge in [-0.15, -0.1) is 0 Å². The second-order valence-electron chi connectivity index (χ2n) is 10.8. The molecule has 15 atom stereocenters. The van der Waals surface area contributed by atoms with Crippen molar-refractivity contribution in [1.29, 1.82) is 0 Å². The number of hydrogen-bond donors (Lipinski definition) is 1. The molecule has 0 aliphatic heterocycles. The molecular formula is C16H8S. The zero-order chi connectivity index (χ0) is 9.59. The summed E-state index contributed by atoms with van der Waals surface area (Å²) in [5.41, 5.74) is 11.4. The summed E-state index contributed by atoms with van der Waals surface area (Å²) < 4.78 is 0. The van der Waals surface area contributed by atoms with Crippen LogP contribution in [-0.4, -0.2) is 5.25 Å². The lowest BCUT2D eigenvalue weighted by molar-refractivity contribution is 0.160. The molecule has 0 saturated heterocycles. The topological polar surface area (TPSA) is 0 Å². The summed E-state index contributed by atoms with van der Waals surface area (Å²) in [6.45, 7) is 0. The van der Waals surface area contributed by atoms with E-state index >= 15 is 0 Å². The molecule has 78 valence electrons. The molecular weight excluding hydrogens is 224 g/mol. The van der Waals surface area contributed by atoms with Gasteiger partial charge < -0.3 is 0 Å². The Morgan fingerprint density at radius 2 is 1.71 bits per heavy atom. The molecule has 0 nitrogen and oxygen atoms in total. The van der Waals surface area contributed by atoms with Crippen LogP contribution in [-0.2, 0) is 0 Å². The highest BCUT2D eigenvalue weighted by atomic mass is 32.1. The van der Waals surface area contributed by atoms with E-state index in [1.807, 2.05) is 0 Å². The maximum atomic E-state index is 4.83. The summed E-state index contributed by atoms with van der Waals surface area (Å²) >= 11 is 4.83. The number of rotatable bonds is 0. The third-order valence-electron chi connectivity index (χ3n) is 13.8. The Labute approximate surface area is 102 Å². The summed E-state index contributed by atoms with van der Waals surface area (Å²) in [5.74, 6) is 4.99. The van der Waals surface area contributed by atoms with Gasteiger partial charge in [-0.05, 0) is 84.2 Å². The zero-order valence-electron chi connectivity index (χ0n) is 9.04. The van der Waals surface area contributed by atoms with Gasteiger partial charge in [-0.3, -0.25) is 0 Å². The van der Waals surface area contributed by atoms with Crippen LogP contribution in [0.15, 0.2) is 0 Å². The highest BCUT2D eigenvalue weighted by Gasteiger charge is 3.80. The van der Waals surface area contributed by atoms with Crippen LogP contribution in [0, 0.1) is 77.8 Å². The van der Waals surface area contributed by atoms with Gasteiger partial charge in [-0.25, -0.2) is 0 Å². The number of fused-ring (bicyclic) bond motifs is 2. The van der Waals surface area contributed by atoms with Crippen LogP contribution >= 0.6 is 12.6 Å². The third-order valence-corrected chi connectivity index (χ3v) is 14.5. The average molecular weight is 232 g/mol. The van der Waals surface area contributed by atoms with Crippen LogP contribution in [0.3, 0.4) is 0 Å². The quantitative estimate of drug-likeness (QED) is 0.596. The fraction of sp³-hybridized carbons (Fsp3) is 1.00. The molecule has 13 saturated carbocycles. The van der Waals surface area contributed by atoms with E-state index in [0.717, 1.165) is 49.1 Å². The van der Waals surface area contributed by atoms with Crippen molar-refractivity contribution in [2.75, 3.05) is 0 Å². The van der Waals surface area contributed by atoms with E-state index in [1.165, 1.54) is 34.0 Å².